The third-order valence-electron chi connectivity index (χ3n) is 4.43. The Hall–Kier alpha value is -1.88. The fraction of sp³-hybridized carbons (Fsp3) is 0.474. The average Bonchev–Trinajstić information content (AvgIpc) is 3.14. The highest BCUT2D eigenvalue weighted by Gasteiger charge is 2.19. The van der Waals surface area contributed by atoms with Gasteiger partial charge in [0.15, 0.2) is 0 Å². The summed E-state index contributed by atoms with van der Waals surface area (Å²) in [5.74, 6) is 0.700. The summed E-state index contributed by atoms with van der Waals surface area (Å²) >= 11 is 1.50. The minimum atomic E-state index is -0.0603. The van der Waals surface area contributed by atoms with Crippen LogP contribution in [0.3, 0.4) is 0 Å². The number of carbonyl (C=O) groups is 1. The van der Waals surface area contributed by atoms with Gasteiger partial charge in [-0.25, -0.2) is 4.98 Å². The van der Waals surface area contributed by atoms with Crippen LogP contribution in [-0.2, 0) is 6.42 Å². The third kappa shape index (κ3) is 3.78. The lowest BCUT2D eigenvalue weighted by molar-refractivity contribution is 0.103. The van der Waals surface area contributed by atoms with E-state index in [0.717, 1.165) is 53.1 Å². The van der Waals surface area contributed by atoms with E-state index in [9.17, 15) is 4.79 Å². The number of nitrogens with zero attached hydrogens (tertiary/aromatic N) is 2. The molecule has 3 rings (SSSR count). The highest BCUT2D eigenvalue weighted by atomic mass is 32.1. The lowest BCUT2D eigenvalue weighted by atomic mass is 10.2. The first-order valence-electron chi connectivity index (χ1n) is 8.69. The van der Waals surface area contributed by atoms with Gasteiger partial charge in [-0.15, -0.1) is 11.3 Å². The SMILES string of the molecule is CCCc1nc(C)c(C(=O)Nc2ccc(N3CCC(C)C3)cc2)s1. The summed E-state index contributed by atoms with van der Waals surface area (Å²) < 4.78 is 0. The first kappa shape index (κ1) is 17.0. The molecule has 0 aliphatic carbocycles. The van der Waals surface area contributed by atoms with Crippen LogP contribution in [0, 0.1) is 12.8 Å². The van der Waals surface area contributed by atoms with E-state index in [4.69, 9.17) is 0 Å². The van der Waals surface area contributed by atoms with Crippen LogP contribution >= 0.6 is 11.3 Å². The standard InChI is InChI=1S/C19H25N3OS/c1-4-5-17-20-14(3)18(24-17)19(23)21-15-6-8-16(9-7-15)22-11-10-13(2)12-22/h6-9,13H,4-5,10-12H2,1-3H3,(H,21,23). The summed E-state index contributed by atoms with van der Waals surface area (Å²) in [6.45, 7) is 8.55. The van der Waals surface area contributed by atoms with Gasteiger partial charge >= 0.3 is 0 Å². The average molecular weight is 343 g/mol. The maximum atomic E-state index is 12.5. The van der Waals surface area contributed by atoms with Crippen molar-refractivity contribution in [3.05, 3.63) is 39.8 Å². The predicted molar refractivity (Wildman–Crippen MR) is 101 cm³/mol. The third-order valence-corrected chi connectivity index (χ3v) is 5.64. The van der Waals surface area contributed by atoms with Crippen LogP contribution in [0.25, 0.3) is 0 Å². The monoisotopic (exact) mass is 343 g/mol. The zero-order valence-electron chi connectivity index (χ0n) is 14.6. The highest BCUT2D eigenvalue weighted by molar-refractivity contribution is 7.13. The number of aryl methyl sites for hydroxylation is 2. The van der Waals surface area contributed by atoms with Crippen LogP contribution < -0.4 is 10.2 Å². The molecule has 1 saturated heterocycles. The van der Waals surface area contributed by atoms with Crippen molar-refractivity contribution >= 4 is 28.6 Å². The van der Waals surface area contributed by atoms with E-state index < -0.39 is 0 Å². The number of thiazole rings is 1. The minimum Gasteiger partial charge on any atom is -0.371 e. The molecule has 2 heterocycles. The zero-order chi connectivity index (χ0) is 17.1. The summed E-state index contributed by atoms with van der Waals surface area (Å²) in [6.07, 6.45) is 3.23. The van der Waals surface area contributed by atoms with Gasteiger partial charge in [0, 0.05) is 24.5 Å². The molecule has 2 aromatic rings. The molecule has 1 aromatic heterocycles. The normalized spacial score (nSPS) is 17.3. The summed E-state index contributed by atoms with van der Waals surface area (Å²) in [5.41, 5.74) is 2.89. The Kier molecular flexibility index (Phi) is 5.19. The van der Waals surface area contributed by atoms with Crippen LogP contribution in [-0.4, -0.2) is 24.0 Å². The Labute approximate surface area is 147 Å². The van der Waals surface area contributed by atoms with Gasteiger partial charge in [0.05, 0.1) is 10.7 Å². The van der Waals surface area contributed by atoms with Gasteiger partial charge in [-0.1, -0.05) is 13.8 Å². The van der Waals surface area contributed by atoms with Gasteiger partial charge in [0.1, 0.15) is 4.88 Å². The van der Waals surface area contributed by atoms with Crippen LogP contribution in [0.2, 0.25) is 0 Å². The van der Waals surface area contributed by atoms with Crippen LogP contribution in [0.1, 0.15) is 47.1 Å². The van der Waals surface area contributed by atoms with E-state index in [-0.39, 0.29) is 5.91 Å². The second-order valence-corrected chi connectivity index (χ2v) is 7.70. The molecule has 0 spiro atoms. The number of nitrogens with one attached hydrogen (secondary N) is 1. The van der Waals surface area contributed by atoms with Gasteiger partial charge in [0.2, 0.25) is 0 Å². The van der Waals surface area contributed by atoms with E-state index in [1.165, 1.54) is 23.4 Å². The Balaban J connectivity index is 1.66. The van der Waals surface area contributed by atoms with E-state index >= 15 is 0 Å². The van der Waals surface area contributed by atoms with Gasteiger partial charge in [-0.05, 0) is 56.4 Å². The van der Waals surface area contributed by atoms with Gasteiger partial charge < -0.3 is 10.2 Å². The molecule has 0 saturated carbocycles. The summed E-state index contributed by atoms with van der Waals surface area (Å²) in [4.78, 5) is 20.1. The second kappa shape index (κ2) is 7.34. The molecular formula is C19H25N3OS. The molecule has 1 unspecified atom stereocenters. The highest BCUT2D eigenvalue weighted by Crippen LogP contribution is 2.26. The zero-order valence-corrected chi connectivity index (χ0v) is 15.4. The molecule has 1 N–H and O–H groups in total. The van der Waals surface area contributed by atoms with Crippen LogP contribution in [0.15, 0.2) is 24.3 Å². The Bertz CT molecular complexity index is 708. The number of rotatable bonds is 5. The molecule has 5 heteroatoms. The van der Waals surface area contributed by atoms with Gasteiger partial charge in [-0.2, -0.15) is 0 Å². The second-order valence-electron chi connectivity index (χ2n) is 6.61. The molecule has 1 amide bonds. The Morgan fingerprint density at radius 3 is 2.75 bits per heavy atom. The minimum absolute atomic E-state index is 0.0603. The number of amides is 1. The fourth-order valence-electron chi connectivity index (χ4n) is 3.10. The van der Waals surface area contributed by atoms with Crippen molar-refractivity contribution in [1.82, 2.24) is 4.98 Å². The molecule has 1 aliphatic rings. The molecule has 1 fully saturated rings. The number of benzene rings is 1. The number of carbonyl (C=O) groups excluding carboxylic acids is 1. The lowest BCUT2D eigenvalue weighted by Crippen LogP contribution is -2.19. The van der Waals surface area contributed by atoms with E-state index in [1.54, 1.807) is 0 Å². The molecule has 24 heavy (non-hydrogen) atoms. The molecule has 0 radical (unpaired) electrons. The first-order chi connectivity index (χ1) is 11.6. The maximum absolute atomic E-state index is 12.5. The van der Waals surface area contributed by atoms with Crippen molar-refractivity contribution in [3.63, 3.8) is 0 Å². The smallest absolute Gasteiger partial charge is 0.267 e. The van der Waals surface area contributed by atoms with E-state index in [0.29, 0.717) is 0 Å². The number of anilines is 2. The van der Waals surface area contributed by atoms with Crippen molar-refractivity contribution in [2.24, 2.45) is 5.92 Å². The summed E-state index contributed by atoms with van der Waals surface area (Å²) in [7, 11) is 0. The maximum Gasteiger partial charge on any atom is 0.267 e. The molecule has 4 nitrogen and oxygen atoms in total. The number of aromatic nitrogens is 1. The van der Waals surface area contributed by atoms with Crippen molar-refractivity contribution in [2.45, 2.75) is 40.0 Å². The number of hydrogen-bond acceptors (Lipinski definition) is 4. The summed E-state index contributed by atoms with van der Waals surface area (Å²) in [6, 6.07) is 8.16. The molecule has 1 atom stereocenters. The fourth-order valence-corrected chi connectivity index (χ4v) is 4.16. The van der Waals surface area contributed by atoms with Crippen LogP contribution in [0.4, 0.5) is 11.4 Å². The van der Waals surface area contributed by atoms with Gasteiger partial charge in [-0.3, -0.25) is 4.79 Å². The molecule has 1 aromatic carbocycles. The quantitative estimate of drug-likeness (QED) is 0.869. The van der Waals surface area contributed by atoms with E-state index in [2.05, 4.69) is 41.2 Å². The first-order valence-corrected chi connectivity index (χ1v) is 9.51. The molecule has 1 aliphatic heterocycles. The van der Waals surface area contributed by atoms with Crippen molar-refractivity contribution in [2.75, 3.05) is 23.3 Å². The Morgan fingerprint density at radius 1 is 1.38 bits per heavy atom. The molecular weight excluding hydrogens is 318 g/mol. The molecule has 0 bridgehead atoms. The van der Waals surface area contributed by atoms with Crippen molar-refractivity contribution < 1.29 is 4.79 Å². The molecule has 128 valence electrons. The lowest BCUT2D eigenvalue weighted by Gasteiger charge is -2.18. The van der Waals surface area contributed by atoms with E-state index in [1.807, 2.05) is 19.1 Å². The topological polar surface area (TPSA) is 45.2 Å². The number of hydrogen-bond donors (Lipinski definition) is 1. The van der Waals surface area contributed by atoms with Crippen LogP contribution in [0.5, 0.6) is 0 Å². The summed E-state index contributed by atoms with van der Waals surface area (Å²) in [5, 5.41) is 4.03. The van der Waals surface area contributed by atoms with Crippen molar-refractivity contribution in [1.29, 1.82) is 0 Å². The van der Waals surface area contributed by atoms with Gasteiger partial charge in [0.25, 0.3) is 5.91 Å². The Morgan fingerprint density at radius 2 is 2.12 bits per heavy atom. The largest absolute Gasteiger partial charge is 0.371 e. The predicted octanol–water partition coefficient (Wildman–Crippen LogP) is 4.50. The van der Waals surface area contributed by atoms with Crippen molar-refractivity contribution in [3.8, 4) is 0 Å².